The molecule has 0 bridgehead atoms. The molecule has 2 amide bonds. The zero-order chi connectivity index (χ0) is 19.1. The molecule has 144 valence electrons. The number of hydrogen-bond acceptors (Lipinski definition) is 3. The first kappa shape index (κ1) is 20.8. The number of rotatable bonds is 7. The first-order chi connectivity index (χ1) is 12.4. The standard InChI is InChI=1S/C21H32N2O2S/c1-15(2)19(26-14-17-9-6-5-7-10-17)21(25)23-12-8-11-18(13-23)22-20(24)16(3)4/h5-7,9-10,15-16,18-19H,8,11-14H2,1-4H3,(H,22,24). The monoisotopic (exact) mass is 376 g/mol. The normalized spacial score (nSPS) is 18.8. The van der Waals surface area contributed by atoms with Gasteiger partial charge < -0.3 is 10.2 Å². The molecule has 1 aromatic carbocycles. The fourth-order valence-electron chi connectivity index (χ4n) is 3.15. The molecular weight excluding hydrogens is 344 g/mol. The van der Waals surface area contributed by atoms with Gasteiger partial charge in [-0.25, -0.2) is 0 Å². The van der Waals surface area contributed by atoms with E-state index < -0.39 is 0 Å². The number of likely N-dealkylation sites (tertiary alicyclic amines) is 1. The Morgan fingerprint density at radius 1 is 1.19 bits per heavy atom. The Morgan fingerprint density at radius 2 is 1.88 bits per heavy atom. The highest BCUT2D eigenvalue weighted by atomic mass is 32.2. The highest BCUT2D eigenvalue weighted by Gasteiger charge is 2.31. The molecule has 0 aliphatic carbocycles. The molecule has 0 aromatic heterocycles. The van der Waals surface area contributed by atoms with Crippen molar-refractivity contribution in [3.05, 3.63) is 35.9 Å². The fraction of sp³-hybridized carbons (Fsp3) is 0.619. The van der Waals surface area contributed by atoms with Crippen molar-refractivity contribution in [3.8, 4) is 0 Å². The van der Waals surface area contributed by atoms with Gasteiger partial charge in [0.2, 0.25) is 11.8 Å². The second-order valence-electron chi connectivity index (χ2n) is 7.75. The molecule has 1 fully saturated rings. The number of piperidine rings is 1. The first-order valence-corrected chi connectivity index (χ1v) is 10.7. The summed E-state index contributed by atoms with van der Waals surface area (Å²) >= 11 is 1.73. The maximum Gasteiger partial charge on any atom is 0.236 e. The predicted octanol–water partition coefficient (Wildman–Crippen LogP) is 3.71. The van der Waals surface area contributed by atoms with Gasteiger partial charge in [-0.3, -0.25) is 9.59 Å². The predicted molar refractivity (Wildman–Crippen MR) is 109 cm³/mol. The molecule has 1 heterocycles. The lowest BCUT2D eigenvalue weighted by atomic mass is 10.0. The van der Waals surface area contributed by atoms with E-state index in [9.17, 15) is 9.59 Å². The smallest absolute Gasteiger partial charge is 0.236 e. The largest absolute Gasteiger partial charge is 0.351 e. The molecular formula is C21H32N2O2S. The molecule has 1 aromatic rings. The van der Waals surface area contributed by atoms with Gasteiger partial charge in [-0.15, -0.1) is 11.8 Å². The van der Waals surface area contributed by atoms with E-state index in [2.05, 4.69) is 31.3 Å². The van der Waals surface area contributed by atoms with E-state index in [0.717, 1.165) is 25.1 Å². The number of thioether (sulfide) groups is 1. The third-order valence-corrected chi connectivity index (χ3v) is 6.33. The summed E-state index contributed by atoms with van der Waals surface area (Å²) in [5.41, 5.74) is 1.25. The van der Waals surface area contributed by atoms with Crippen LogP contribution in [0.2, 0.25) is 0 Å². The molecule has 2 rings (SSSR count). The number of nitrogens with one attached hydrogen (secondary N) is 1. The Morgan fingerprint density at radius 3 is 2.50 bits per heavy atom. The van der Waals surface area contributed by atoms with Crippen LogP contribution < -0.4 is 5.32 Å². The van der Waals surface area contributed by atoms with E-state index in [1.807, 2.05) is 36.9 Å². The molecule has 1 saturated heterocycles. The van der Waals surface area contributed by atoms with Crippen molar-refractivity contribution in [1.82, 2.24) is 10.2 Å². The lowest BCUT2D eigenvalue weighted by Gasteiger charge is -2.36. The summed E-state index contributed by atoms with van der Waals surface area (Å²) in [6, 6.07) is 10.4. The number of carbonyl (C=O) groups excluding carboxylic acids is 2. The summed E-state index contributed by atoms with van der Waals surface area (Å²) in [5.74, 6) is 1.39. The summed E-state index contributed by atoms with van der Waals surface area (Å²) in [5, 5.41) is 3.04. The minimum Gasteiger partial charge on any atom is -0.351 e. The maximum atomic E-state index is 13.1. The number of amides is 2. The lowest BCUT2D eigenvalue weighted by Crippen LogP contribution is -2.52. The van der Waals surface area contributed by atoms with E-state index in [1.54, 1.807) is 11.8 Å². The van der Waals surface area contributed by atoms with Crippen molar-refractivity contribution >= 4 is 23.6 Å². The molecule has 0 spiro atoms. The minimum atomic E-state index is -0.0465. The van der Waals surface area contributed by atoms with Gasteiger partial charge in [0.25, 0.3) is 0 Å². The molecule has 1 N–H and O–H groups in total. The average molecular weight is 377 g/mol. The Balaban J connectivity index is 1.95. The number of hydrogen-bond donors (Lipinski definition) is 1. The minimum absolute atomic E-state index is 0.0223. The SMILES string of the molecule is CC(C)C(=O)NC1CCCN(C(=O)C(SCc2ccccc2)C(C)C)C1. The number of carbonyl (C=O) groups is 2. The molecule has 5 heteroatoms. The fourth-order valence-corrected chi connectivity index (χ4v) is 4.39. The summed E-state index contributed by atoms with van der Waals surface area (Å²) in [7, 11) is 0. The molecule has 0 radical (unpaired) electrons. The number of benzene rings is 1. The van der Waals surface area contributed by atoms with Crippen molar-refractivity contribution in [1.29, 1.82) is 0 Å². The zero-order valence-electron chi connectivity index (χ0n) is 16.4. The Hall–Kier alpha value is -1.49. The molecule has 2 unspecified atom stereocenters. The van der Waals surface area contributed by atoms with Crippen molar-refractivity contribution < 1.29 is 9.59 Å². The van der Waals surface area contributed by atoms with Gasteiger partial charge in [0.05, 0.1) is 5.25 Å². The molecule has 2 atom stereocenters. The van der Waals surface area contributed by atoms with Gasteiger partial charge in [-0.1, -0.05) is 58.0 Å². The van der Waals surface area contributed by atoms with Crippen LogP contribution in [0, 0.1) is 11.8 Å². The van der Waals surface area contributed by atoms with Gasteiger partial charge in [0, 0.05) is 30.8 Å². The molecule has 1 aliphatic heterocycles. The van der Waals surface area contributed by atoms with Crippen molar-refractivity contribution in [2.45, 2.75) is 57.6 Å². The first-order valence-electron chi connectivity index (χ1n) is 9.63. The topological polar surface area (TPSA) is 49.4 Å². The average Bonchev–Trinajstić information content (AvgIpc) is 2.62. The molecule has 4 nitrogen and oxygen atoms in total. The van der Waals surface area contributed by atoms with E-state index >= 15 is 0 Å². The van der Waals surface area contributed by atoms with E-state index in [4.69, 9.17) is 0 Å². The summed E-state index contributed by atoms with van der Waals surface area (Å²) < 4.78 is 0. The van der Waals surface area contributed by atoms with Crippen LogP contribution in [0.3, 0.4) is 0 Å². The summed E-state index contributed by atoms with van der Waals surface area (Å²) in [4.78, 5) is 27.0. The van der Waals surface area contributed by atoms with E-state index in [-0.39, 0.29) is 34.9 Å². The van der Waals surface area contributed by atoms with Gasteiger partial charge in [0.15, 0.2) is 0 Å². The number of nitrogens with zero attached hydrogens (tertiary/aromatic N) is 1. The van der Waals surface area contributed by atoms with Crippen LogP contribution in [0.25, 0.3) is 0 Å². The third-order valence-electron chi connectivity index (χ3n) is 4.73. The Kier molecular flexibility index (Phi) is 8.01. The Labute approximate surface area is 162 Å². The van der Waals surface area contributed by atoms with E-state index in [1.165, 1.54) is 5.56 Å². The molecule has 1 aliphatic rings. The molecule has 0 saturated carbocycles. The van der Waals surface area contributed by atoms with Crippen LogP contribution in [-0.4, -0.2) is 41.1 Å². The highest BCUT2D eigenvalue weighted by molar-refractivity contribution is 7.99. The summed E-state index contributed by atoms with van der Waals surface area (Å²) in [6.45, 7) is 9.45. The van der Waals surface area contributed by atoms with Gasteiger partial charge in [-0.2, -0.15) is 0 Å². The van der Waals surface area contributed by atoms with Gasteiger partial charge >= 0.3 is 0 Å². The maximum absolute atomic E-state index is 13.1. The Bertz CT molecular complexity index is 589. The van der Waals surface area contributed by atoms with Crippen LogP contribution >= 0.6 is 11.8 Å². The van der Waals surface area contributed by atoms with Crippen LogP contribution in [0.1, 0.15) is 46.1 Å². The second-order valence-corrected chi connectivity index (χ2v) is 8.88. The lowest BCUT2D eigenvalue weighted by molar-refractivity contribution is -0.134. The van der Waals surface area contributed by atoms with Crippen LogP contribution in [-0.2, 0) is 15.3 Å². The zero-order valence-corrected chi connectivity index (χ0v) is 17.2. The highest BCUT2D eigenvalue weighted by Crippen LogP contribution is 2.27. The van der Waals surface area contributed by atoms with Crippen molar-refractivity contribution in [2.24, 2.45) is 11.8 Å². The third kappa shape index (κ3) is 6.04. The van der Waals surface area contributed by atoms with Crippen LogP contribution in [0.5, 0.6) is 0 Å². The van der Waals surface area contributed by atoms with Crippen molar-refractivity contribution in [3.63, 3.8) is 0 Å². The van der Waals surface area contributed by atoms with Crippen LogP contribution in [0.4, 0.5) is 0 Å². The quantitative estimate of drug-likeness (QED) is 0.789. The molecule has 26 heavy (non-hydrogen) atoms. The summed E-state index contributed by atoms with van der Waals surface area (Å²) in [6.07, 6.45) is 1.90. The van der Waals surface area contributed by atoms with Crippen LogP contribution in [0.15, 0.2) is 30.3 Å². The van der Waals surface area contributed by atoms with Crippen molar-refractivity contribution in [2.75, 3.05) is 13.1 Å². The van der Waals surface area contributed by atoms with Gasteiger partial charge in [-0.05, 0) is 24.3 Å². The van der Waals surface area contributed by atoms with Gasteiger partial charge in [0.1, 0.15) is 0 Å². The second kappa shape index (κ2) is 10.0. The van der Waals surface area contributed by atoms with E-state index in [0.29, 0.717) is 6.54 Å².